The van der Waals surface area contributed by atoms with E-state index in [9.17, 15) is 9.59 Å². The van der Waals surface area contributed by atoms with Gasteiger partial charge in [-0.15, -0.1) is 0 Å². The molecule has 3 amide bonds. The zero-order valence-electron chi connectivity index (χ0n) is 16.8. The Bertz CT molecular complexity index is 628. The maximum atomic E-state index is 12.3. The summed E-state index contributed by atoms with van der Waals surface area (Å²) in [7, 11) is 1.58. The molecule has 0 aliphatic carbocycles. The number of urea groups is 1. The molecule has 0 unspecified atom stereocenters. The van der Waals surface area contributed by atoms with Crippen molar-refractivity contribution >= 4 is 12.1 Å². The summed E-state index contributed by atoms with van der Waals surface area (Å²) in [6, 6.07) is 5.07. The van der Waals surface area contributed by atoms with Crippen molar-refractivity contribution in [3.63, 3.8) is 0 Å². The van der Waals surface area contributed by atoms with E-state index in [-0.39, 0.29) is 13.1 Å². The van der Waals surface area contributed by atoms with Crippen LogP contribution in [0, 0.1) is 0 Å². The number of ether oxygens (including phenoxy) is 3. The number of rotatable bonds is 8. The summed E-state index contributed by atoms with van der Waals surface area (Å²) in [6.07, 6.45) is -0.146. The summed E-state index contributed by atoms with van der Waals surface area (Å²) in [6.45, 7) is 8.25. The van der Waals surface area contributed by atoms with Crippen LogP contribution in [0.2, 0.25) is 0 Å². The molecule has 0 aliphatic rings. The normalized spacial score (nSPS) is 10.9. The van der Waals surface area contributed by atoms with E-state index in [1.54, 1.807) is 27.9 Å². The van der Waals surface area contributed by atoms with E-state index in [1.807, 2.05) is 25.1 Å². The number of methoxy groups -OCH3 is 1. The molecule has 0 aromatic heterocycles. The Morgan fingerprint density at radius 1 is 1.22 bits per heavy atom. The van der Waals surface area contributed by atoms with E-state index in [0.717, 1.165) is 10.5 Å². The third-order valence-electron chi connectivity index (χ3n) is 3.43. The van der Waals surface area contributed by atoms with Crippen LogP contribution in [0.25, 0.3) is 0 Å². The lowest BCUT2D eigenvalue weighted by Gasteiger charge is -2.26. The second-order valence-electron chi connectivity index (χ2n) is 6.82. The monoisotopic (exact) mass is 381 g/mol. The molecule has 1 rings (SSSR count). The van der Waals surface area contributed by atoms with Gasteiger partial charge in [-0.3, -0.25) is 0 Å². The van der Waals surface area contributed by atoms with Gasteiger partial charge in [0.15, 0.2) is 11.5 Å². The van der Waals surface area contributed by atoms with Crippen molar-refractivity contribution in [3.05, 3.63) is 23.8 Å². The molecule has 0 spiro atoms. The SMILES string of the molecule is CCOc1ccc(CCNC(=O)N(CCN)C(=O)OC(C)(C)C)cc1OC. The van der Waals surface area contributed by atoms with Crippen LogP contribution in [0.15, 0.2) is 18.2 Å². The van der Waals surface area contributed by atoms with Gasteiger partial charge >= 0.3 is 12.1 Å². The number of hydrogen-bond acceptors (Lipinski definition) is 6. The summed E-state index contributed by atoms with van der Waals surface area (Å²) in [5.41, 5.74) is 5.78. The highest BCUT2D eigenvalue weighted by atomic mass is 16.6. The number of nitrogens with two attached hydrogens (primary N) is 1. The standard InChI is InChI=1S/C19H31N3O5/c1-6-26-15-8-7-14(13-16(15)25-5)9-11-21-17(23)22(12-10-20)18(24)27-19(2,3)4/h7-8,13H,6,9-12,20H2,1-5H3,(H,21,23). The van der Waals surface area contributed by atoms with Crippen molar-refractivity contribution in [2.75, 3.05) is 33.4 Å². The summed E-state index contributed by atoms with van der Waals surface area (Å²) in [4.78, 5) is 25.5. The molecule has 27 heavy (non-hydrogen) atoms. The predicted octanol–water partition coefficient (Wildman–Crippen LogP) is 2.54. The number of hydrogen-bond donors (Lipinski definition) is 2. The molecule has 8 nitrogen and oxygen atoms in total. The molecule has 8 heteroatoms. The fourth-order valence-electron chi connectivity index (χ4n) is 2.27. The van der Waals surface area contributed by atoms with Crippen molar-refractivity contribution in [2.24, 2.45) is 5.73 Å². The van der Waals surface area contributed by atoms with Gasteiger partial charge in [-0.2, -0.15) is 0 Å². The summed E-state index contributed by atoms with van der Waals surface area (Å²) < 4.78 is 16.0. The van der Waals surface area contributed by atoms with Crippen LogP contribution in [0.1, 0.15) is 33.3 Å². The minimum absolute atomic E-state index is 0.0810. The summed E-state index contributed by atoms with van der Waals surface area (Å²) in [5.74, 6) is 1.31. The van der Waals surface area contributed by atoms with Gasteiger partial charge < -0.3 is 25.3 Å². The molecular formula is C19H31N3O5. The molecule has 0 radical (unpaired) electrons. The van der Waals surface area contributed by atoms with Gasteiger partial charge in [0.05, 0.1) is 13.7 Å². The third kappa shape index (κ3) is 7.74. The number of nitrogens with one attached hydrogen (secondary N) is 1. The number of carbonyl (C=O) groups is 2. The van der Waals surface area contributed by atoms with Crippen LogP contribution < -0.4 is 20.5 Å². The van der Waals surface area contributed by atoms with Gasteiger partial charge in [0.2, 0.25) is 0 Å². The number of benzene rings is 1. The average Bonchev–Trinajstić information content (AvgIpc) is 2.59. The lowest BCUT2D eigenvalue weighted by molar-refractivity contribution is 0.0325. The first kappa shape index (κ1) is 22.6. The smallest absolute Gasteiger partial charge is 0.418 e. The van der Waals surface area contributed by atoms with E-state index < -0.39 is 17.7 Å². The Morgan fingerprint density at radius 3 is 2.48 bits per heavy atom. The zero-order chi connectivity index (χ0) is 20.4. The maximum Gasteiger partial charge on any atom is 0.418 e. The van der Waals surface area contributed by atoms with Gasteiger partial charge in [0, 0.05) is 19.6 Å². The molecule has 0 fully saturated rings. The fraction of sp³-hybridized carbons (Fsp3) is 0.579. The van der Waals surface area contributed by atoms with Crippen LogP contribution >= 0.6 is 0 Å². The Balaban J connectivity index is 2.65. The number of carbonyl (C=O) groups excluding carboxylic acids is 2. The molecule has 0 atom stereocenters. The topological polar surface area (TPSA) is 103 Å². The highest BCUT2D eigenvalue weighted by molar-refractivity contribution is 5.91. The van der Waals surface area contributed by atoms with Crippen molar-refractivity contribution in [1.82, 2.24) is 10.2 Å². The van der Waals surface area contributed by atoms with Crippen LogP contribution in [-0.2, 0) is 11.2 Å². The van der Waals surface area contributed by atoms with Gasteiger partial charge in [-0.05, 0) is 51.8 Å². The number of nitrogens with zero attached hydrogens (tertiary/aromatic N) is 1. The minimum atomic E-state index is -0.715. The highest BCUT2D eigenvalue weighted by Crippen LogP contribution is 2.28. The zero-order valence-corrected chi connectivity index (χ0v) is 16.8. The maximum absolute atomic E-state index is 12.3. The first-order valence-electron chi connectivity index (χ1n) is 9.00. The first-order valence-corrected chi connectivity index (χ1v) is 9.00. The molecule has 0 aliphatic heterocycles. The van der Waals surface area contributed by atoms with Crippen LogP contribution in [0.3, 0.4) is 0 Å². The van der Waals surface area contributed by atoms with E-state index in [1.165, 1.54) is 0 Å². The Kier molecular flexibility index (Phi) is 8.87. The van der Waals surface area contributed by atoms with Crippen LogP contribution in [0.5, 0.6) is 11.5 Å². The number of amides is 3. The summed E-state index contributed by atoms with van der Waals surface area (Å²) >= 11 is 0. The average molecular weight is 381 g/mol. The highest BCUT2D eigenvalue weighted by Gasteiger charge is 2.26. The molecular weight excluding hydrogens is 350 g/mol. The van der Waals surface area contributed by atoms with Crippen LogP contribution in [-0.4, -0.2) is 56.0 Å². The van der Waals surface area contributed by atoms with Gasteiger partial charge in [-0.1, -0.05) is 6.07 Å². The van der Waals surface area contributed by atoms with E-state index in [4.69, 9.17) is 19.9 Å². The van der Waals surface area contributed by atoms with E-state index >= 15 is 0 Å². The first-order chi connectivity index (χ1) is 12.7. The molecule has 0 saturated carbocycles. The van der Waals surface area contributed by atoms with Crippen molar-refractivity contribution < 1.29 is 23.8 Å². The molecule has 3 N–H and O–H groups in total. The lowest BCUT2D eigenvalue weighted by Crippen LogP contribution is -2.48. The molecule has 152 valence electrons. The van der Waals surface area contributed by atoms with Gasteiger partial charge in [0.25, 0.3) is 0 Å². The molecule has 0 heterocycles. The number of imide groups is 1. The molecule has 1 aromatic carbocycles. The van der Waals surface area contributed by atoms with Gasteiger partial charge in [0.1, 0.15) is 5.60 Å². The van der Waals surface area contributed by atoms with Crippen molar-refractivity contribution in [1.29, 1.82) is 0 Å². The largest absolute Gasteiger partial charge is 0.493 e. The Hall–Kier alpha value is -2.48. The van der Waals surface area contributed by atoms with E-state index in [0.29, 0.717) is 31.1 Å². The van der Waals surface area contributed by atoms with E-state index in [2.05, 4.69) is 5.32 Å². The van der Waals surface area contributed by atoms with Gasteiger partial charge in [-0.25, -0.2) is 14.5 Å². The molecule has 1 aromatic rings. The second kappa shape index (κ2) is 10.6. The fourth-order valence-corrected chi connectivity index (χ4v) is 2.27. The van der Waals surface area contributed by atoms with Crippen molar-refractivity contribution in [2.45, 2.75) is 39.7 Å². The second-order valence-corrected chi connectivity index (χ2v) is 6.82. The Morgan fingerprint density at radius 2 is 1.93 bits per heavy atom. The predicted molar refractivity (Wildman–Crippen MR) is 103 cm³/mol. The quantitative estimate of drug-likeness (QED) is 0.717. The lowest BCUT2D eigenvalue weighted by atomic mass is 10.1. The van der Waals surface area contributed by atoms with Crippen molar-refractivity contribution in [3.8, 4) is 11.5 Å². The minimum Gasteiger partial charge on any atom is -0.493 e. The summed E-state index contributed by atoms with van der Waals surface area (Å²) in [5, 5.41) is 2.72. The molecule has 0 saturated heterocycles. The Labute approximate surface area is 160 Å². The third-order valence-corrected chi connectivity index (χ3v) is 3.43. The molecule has 0 bridgehead atoms. The van der Waals surface area contributed by atoms with Crippen LogP contribution in [0.4, 0.5) is 9.59 Å².